The van der Waals surface area contributed by atoms with Crippen LogP contribution in [0.4, 0.5) is 0 Å². The molecule has 1 unspecified atom stereocenters. The molecule has 0 aliphatic rings. The minimum absolute atomic E-state index is 0.0151. The minimum atomic E-state index is -0.595. The maximum atomic E-state index is 12.8. The van der Waals surface area contributed by atoms with Crippen LogP contribution in [0.5, 0.6) is 0 Å². The van der Waals surface area contributed by atoms with Crippen LogP contribution in [-0.4, -0.2) is 37.9 Å². The van der Waals surface area contributed by atoms with Crippen LogP contribution in [0.2, 0.25) is 0 Å². The molecule has 0 N–H and O–H groups in total. The Labute approximate surface area is 395 Å². The van der Waals surface area contributed by atoms with E-state index in [1.54, 1.807) is 0 Å². The van der Waals surface area contributed by atoms with Gasteiger partial charge in [0.25, 0.3) is 0 Å². The summed E-state index contributed by atoms with van der Waals surface area (Å²) in [5.41, 5.74) is 0. The van der Waals surface area contributed by atoms with Crippen molar-refractivity contribution in [2.24, 2.45) is 0 Å². The summed E-state index contributed by atoms with van der Waals surface area (Å²) < 4.78 is 17.3. The van der Waals surface area contributed by atoms with Crippen molar-refractivity contribution in [1.29, 1.82) is 0 Å². The van der Waals surface area contributed by atoms with E-state index in [9.17, 15) is 9.59 Å². The average Bonchev–Trinajstić information content (AvgIpc) is 3.30. The van der Waals surface area contributed by atoms with E-state index in [1.165, 1.54) is 83.5 Å². The molecule has 362 valence electrons. The summed E-state index contributed by atoms with van der Waals surface area (Å²) in [5, 5.41) is 0. The number of unbranched alkanes of at least 4 members (excludes halogenated alkanes) is 16. The summed E-state index contributed by atoms with van der Waals surface area (Å²) in [7, 11) is 0. The fraction of sp³-hybridized carbons (Fsp3) is 0.627. The van der Waals surface area contributed by atoms with Crippen LogP contribution >= 0.6 is 0 Å². The van der Waals surface area contributed by atoms with Crippen molar-refractivity contribution in [3.8, 4) is 0 Å². The monoisotopic (exact) mass is 885 g/mol. The second kappa shape index (κ2) is 53.6. The summed E-state index contributed by atoms with van der Waals surface area (Å²) >= 11 is 0. The van der Waals surface area contributed by atoms with Crippen LogP contribution in [-0.2, 0) is 23.8 Å². The molecular weight excluding hydrogens is 789 g/mol. The van der Waals surface area contributed by atoms with Crippen molar-refractivity contribution in [1.82, 2.24) is 0 Å². The molecule has 0 heterocycles. The third kappa shape index (κ3) is 50.9. The lowest BCUT2D eigenvalue weighted by atomic mass is 10.1. The Morgan fingerprint density at radius 2 is 0.750 bits per heavy atom. The highest BCUT2D eigenvalue weighted by atomic mass is 16.6. The molecule has 0 saturated heterocycles. The third-order valence-electron chi connectivity index (χ3n) is 10.5. The molecule has 5 nitrogen and oxygen atoms in total. The lowest BCUT2D eigenvalue weighted by Gasteiger charge is -2.18. The van der Waals surface area contributed by atoms with Crippen molar-refractivity contribution >= 4 is 11.9 Å². The van der Waals surface area contributed by atoms with Gasteiger partial charge in [0.05, 0.1) is 13.0 Å². The molecule has 0 amide bonds. The second-order valence-corrected chi connectivity index (χ2v) is 16.7. The molecule has 0 rings (SSSR count). The van der Waals surface area contributed by atoms with E-state index in [1.807, 2.05) is 12.2 Å². The zero-order valence-corrected chi connectivity index (χ0v) is 41.5. The quantitative estimate of drug-likeness (QED) is 0.0346. The number of hydrogen-bond acceptors (Lipinski definition) is 5. The van der Waals surface area contributed by atoms with Crippen molar-refractivity contribution in [2.75, 3.05) is 19.8 Å². The lowest BCUT2D eigenvalue weighted by molar-refractivity contribution is -0.162. The van der Waals surface area contributed by atoms with Crippen molar-refractivity contribution in [2.45, 2.75) is 219 Å². The highest BCUT2D eigenvalue weighted by Gasteiger charge is 2.17. The fourth-order valence-corrected chi connectivity index (χ4v) is 6.69. The van der Waals surface area contributed by atoms with Gasteiger partial charge in [0.15, 0.2) is 6.10 Å². The second-order valence-electron chi connectivity index (χ2n) is 16.7. The first-order valence-corrected chi connectivity index (χ1v) is 26.1. The Kier molecular flexibility index (Phi) is 50.5. The number of carbonyl (C=O) groups excluding carboxylic acids is 2. The first kappa shape index (κ1) is 60.3. The molecule has 5 heteroatoms. The first-order valence-electron chi connectivity index (χ1n) is 26.1. The predicted octanol–water partition coefficient (Wildman–Crippen LogP) is 17.8. The van der Waals surface area contributed by atoms with Crippen LogP contribution in [0.15, 0.2) is 122 Å². The topological polar surface area (TPSA) is 61.8 Å². The molecule has 1 atom stereocenters. The number of ether oxygens (including phenoxy) is 3. The number of rotatable bonds is 46. The smallest absolute Gasteiger partial charge is 0.309 e. The van der Waals surface area contributed by atoms with Gasteiger partial charge in [0, 0.05) is 13.0 Å². The number of carbonyl (C=O) groups is 2. The van der Waals surface area contributed by atoms with Crippen LogP contribution in [0, 0.1) is 0 Å². The van der Waals surface area contributed by atoms with Gasteiger partial charge in [-0.15, -0.1) is 0 Å². The average molecular weight is 885 g/mol. The summed E-state index contributed by atoms with van der Waals surface area (Å²) in [6.45, 7) is 7.43. The molecule has 0 aromatic rings. The van der Waals surface area contributed by atoms with Crippen LogP contribution < -0.4 is 0 Å². The maximum Gasteiger partial charge on any atom is 0.309 e. The molecule has 0 spiro atoms. The SMILES string of the molecule is CC/C=C\C/C=C\C/C=C\C/C=C\C/C=C\CC(=O)OCC(COCCCCCCCCCC/C=C\C/C=C\C/C=C\CC)OC(=O)CCCCCCC/C=C\C/C=C\CCCCC. The van der Waals surface area contributed by atoms with E-state index >= 15 is 0 Å². The van der Waals surface area contributed by atoms with Crippen LogP contribution in [0.25, 0.3) is 0 Å². The van der Waals surface area contributed by atoms with E-state index < -0.39 is 6.10 Å². The van der Waals surface area contributed by atoms with Crippen molar-refractivity contribution < 1.29 is 23.8 Å². The Hall–Kier alpha value is -3.70. The van der Waals surface area contributed by atoms with Crippen molar-refractivity contribution in [3.05, 3.63) is 122 Å². The van der Waals surface area contributed by atoms with E-state index in [0.717, 1.165) is 96.3 Å². The molecule has 0 bridgehead atoms. The van der Waals surface area contributed by atoms with Gasteiger partial charge in [0.1, 0.15) is 6.61 Å². The van der Waals surface area contributed by atoms with Crippen molar-refractivity contribution in [3.63, 3.8) is 0 Å². The van der Waals surface area contributed by atoms with E-state index in [2.05, 4.69) is 130 Å². The standard InChI is InChI=1S/C59H96O5/c1-4-7-10-13-16-19-22-25-28-29-30-33-36-39-42-45-48-51-54-62-55-57(64-59(61)53-50-47-44-41-38-35-32-27-24-21-18-15-12-9-6-3)56-63-58(60)52-49-46-43-40-37-34-31-26-23-20-17-14-11-8-5-2/h7-8,10-11,16-21,25-28,31-32,37,40,46,49,57H,4-6,9,12-15,22-24,29-30,33-36,38-39,41-45,47-48,50-56H2,1-3H3/b10-7-,11-8-,19-16-,20-17-,21-18-,28-25-,31-26-,32-27-,40-37-,49-46-. The molecule has 0 aromatic heterocycles. The number of allylic oxidation sites excluding steroid dienone is 19. The van der Waals surface area contributed by atoms with Gasteiger partial charge in [0.2, 0.25) is 0 Å². The summed E-state index contributed by atoms with van der Waals surface area (Å²) in [6.07, 6.45) is 75.2. The fourth-order valence-electron chi connectivity index (χ4n) is 6.69. The molecule has 0 aromatic carbocycles. The highest BCUT2D eigenvalue weighted by Crippen LogP contribution is 2.12. The molecule has 64 heavy (non-hydrogen) atoms. The highest BCUT2D eigenvalue weighted by molar-refractivity contribution is 5.71. The van der Waals surface area contributed by atoms with E-state index in [-0.39, 0.29) is 31.6 Å². The minimum Gasteiger partial charge on any atom is -0.461 e. The normalized spacial score (nSPS) is 13.2. The van der Waals surface area contributed by atoms with E-state index in [4.69, 9.17) is 14.2 Å². The van der Waals surface area contributed by atoms with Gasteiger partial charge < -0.3 is 14.2 Å². The van der Waals surface area contributed by atoms with Gasteiger partial charge in [-0.1, -0.05) is 213 Å². The maximum absolute atomic E-state index is 12.8. The van der Waals surface area contributed by atoms with Crippen LogP contribution in [0.1, 0.15) is 213 Å². The van der Waals surface area contributed by atoms with Gasteiger partial charge in [-0.3, -0.25) is 9.59 Å². The van der Waals surface area contributed by atoms with Gasteiger partial charge in [-0.05, 0) is 109 Å². The Balaban J connectivity index is 4.44. The Bertz CT molecular complexity index is 1320. The first-order chi connectivity index (χ1) is 31.6. The zero-order chi connectivity index (χ0) is 46.3. The van der Waals surface area contributed by atoms with Crippen LogP contribution in [0.3, 0.4) is 0 Å². The Morgan fingerprint density at radius 3 is 1.20 bits per heavy atom. The van der Waals surface area contributed by atoms with Gasteiger partial charge in [-0.2, -0.15) is 0 Å². The molecule has 0 aliphatic heterocycles. The molecular formula is C59H96O5. The van der Waals surface area contributed by atoms with Gasteiger partial charge >= 0.3 is 11.9 Å². The molecule has 0 radical (unpaired) electrons. The van der Waals surface area contributed by atoms with Gasteiger partial charge in [-0.25, -0.2) is 0 Å². The predicted molar refractivity (Wildman–Crippen MR) is 279 cm³/mol. The zero-order valence-electron chi connectivity index (χ0n) is 41.5. The molecule has 0 saturated carbocycles. The third-order valence-corrected chi connectivity index (χ3v) is 10.5. The largest absolute Gasteiger partial charge is 0.461 e. The molecule has 0 aliphatic carbocycles. The summed E-state index contributed by atoms with van der Waals surface area (Å²) in [5.74, 6) is -0.570. The summed E-state index contributed by atoms with van der Waals surface area (Å²) in [4.78, 5) is 25.4. The number of esters is 2. The van der Waals surface area contributed by atoms with E-state index in [0.29, 0.717) is 13.0 Å². The summed E-state index contributed by atoms with van der Waals surface area (Å²) in [6, 6.07) is 0. The lowest BCUT2D eigenvalue weighted by Crippen LogP contribution is -2.30. The number of hydrogen-bond donors (Lipinski definition) is 0. The molecule has 0 fully saturated rings. The Morgan fingerprint density at radius 1 is 0.375 bits per heavy atom.